The first-order chi connectivity index (χ1) is 18.7. The quantitative estimate of drug-likeness (QED) is 0.233. The van der Waals surface area contributed by atoms with Crippen molar-refractivity contribution in [3.05, 3.63) is 70.3 Å². The molecule has 0 saturated carbocycles. The van der Waals surface area contributed by atoms with Gasteiger partial charge in [0.25, 0.3) is 0 Å². The average Bonchev–Trinajstić information content (AvgIpc) is 3.09. The molecule has 0 spiro atoms. The van der Waals surface area contributed by atoms with Crippen molar-refractivity contribution < 1.29 is 24.5 Å². The van der Waals surface area contributed by atoms with Gasteiger partial charge >= 0.3 is 5.97 Å². The normalized spacial score (nSPS) is 15.9. The van der Waals surface area contributed by atoms with Crippen molar-refractivity contribution in [2.75, 3.05) is 38.2 Å². The third-order valence-corrected chi connectivity index (χ3v) is 7.44. The summed E-state index contributed by atoms with van der Waals surface area (Å²) in [5.41, 5.74) is 3.60. The lowest BCUT2D eigenvalue weighted by atomic mass is 9.92. The summed E-state index contributed by atoms with van der Waals surface area (Å²) in [5, 5.41) is 20.3. The largest absolute Gasteiger partial charge is 0.491 e. The van der Waals surface area contributed by atoms with Crippen LogP contribution in [0.3, 0.4) is 0 Å². The van der Waals surface area contributed by atoms with Crippen LogP contribution < -0.4 is 9.64 Å². The lowest BCUT2D eigenvalue weighted by Gasteiger charge is -2.28. The number of carbonyl (C=O) groups excluding carboxylic acids is 1. The molecule has 1 aliphatic heterocycles. The van der Waals surface area contributed by atoms with Gasteiger partial charge in [-0.3, -0.25) is 4.79 Å². The minimum Gasteiger partial charge on any atom is -0.491 e. The Bertz CT molecular complexity index is 1150. The number of amides is 1. The van der Waals surface area contributed by atoms with Crippen molar-refractivity contribution in [3.63, 3.8) is 0 Å². The molecule has 0 aliphatic carbocycles. The number of fused-ring (bicyclic) bond motifs is 1. The van der Waals surface area contributed by atoms with Crippen molar-refractivity contribution in [1.82, 2.24) is 4.90 Å². The van der Waals surface area contributed by atoms with E-state index in [4.69, 9.17) is 16.3 Å². The number of halogens is 1. The minimum atomic E-state index is -1.59. The van der Waals surface area contributed by atoms with Crippen LogP contribution in [0.1, 0.15) is 74.7 Å². The van der Waals surface area contributed by atoms with E-state index < -0.39 is 12.1 Å². The number of rotatable bonds is 13. The van der Waals surface area contributed by atoms with E-state index >= 15 is 0 Å². The van der Waals surface area contributed by atoms with Crippen LogP contribution in [0.2, 0.25) is 5.02 Å². The molecule has 1 aliphatic rings. The summed E-state index contributed by atoms with van der Waals surface area (Å²) in [4.78, 5) is 26.7. The SMILES string of the molecule is CCCc1cc(Cl)ccc1[C@@H]1COc2ccc(C(O)C(=O)O)cc2N(CCCC/C=C/CCN(C)C(C)=O)C1. The molecule has 212 valence electrons. The predicted molar refractivity (Wildman–Crippen MR) is 156 cm³/mol. The van der Waals surface area contributed by atoms with Crippen molar-refractivity contribution >= 4 is 29.2 Å². The summed E-state index contributed by atoms with van der Waals surface area (Å²) in [6.45, 7) is 6.43. The number of anilines is 1. The van der Waals surface area contributed by atoms with Crippen LogP contribution in [0.25, 0.3) is 0 Å². The first-order valence-corrected chi connectivity index (χ1v) is 14.2. The first kappa shape index (κ1) is 30.5. The Hall–Kier alpha value is -3.03. The van der Waals surface area contributed by atoms with Crippen molar-refractivity contribution in [2.45, 2.75) is 64.4 Å². The third-order valence-electron chi connectivity index (χ3n) is 7.20. The third kappa shape index (κ3) is 8.73. The molecule has 0 aromatic heterocycles. The zero-order valence-corrected chi connectivity index (χ0v) is 24.0. The van der Waals surface area contributed by atoms with Gasteiger partial charge in [0.05, 0.1) is 12.3 Å². The molecule has 2 N–H and O–H groups in total. The number of aliphatic hydroxyl groups is 1. The Labute approximate surface area is 237 Å². The number of aliphatic carboxylic acids is 1. The summed E-state index contributed by atoms with van der Waals surface area (Å²) in [6, 6.07) is 11.2. The lowest BCUT2D eigenvalue weighted by molar-refractivity contribution is -0.147. The van der Waals surface area contributed by atoms with Gasteiger partial charge in [0.1, 0.15) is 5.75 Å². The van der Waals surface area contributed by atoms with E-state index in [0.29, 0.717) is 31.0 Å². The van der Waals surface area contributed by atoms with Gasteiger partial charge in [0.15, 0.2) is 6.10 Å². The molecule has 8 heteroatoms. The Kier molecular flexibility index (Phi) is 11.7. The highest BCUT2D eigenvalue weighted by Crippen LogP contribution is 2.38. The minimum absolute atomic E-state index is 0.0721. The van der Waals surface area contributed by atoms with Gasteiger partial charge in [-0.05, 0) is 73.1 Å². The summed E-state index contributed by atoms with van der Waals surface area (Å²) < 4.78 is 6.27. The molecule has 1 amide bonds. The fourth-order valence-corrected chi connectivity index (χ4v) is 5.10. The molecular weight excluding hydrogens is 516 g/mol. The molecule has 0 saturated heterocycles. The maximum atomic E-state index is 11.4. The number of aryl methyl sites for hydroxylation is 1. The predicted octanol–water partition coefficient (Wildman–Crippen LogP) is 5.99. The number of aliphatic hydroxyl groups excluding tert-OH is 1. The molecule has 39 heavy (non-hydrogen) atoms. The van der Waals surface area contributed by atoms with E-state index in [1.54, 1.807) is 30.0 Å². The second-order valence-corrected chi connectivity index (χ2v) is 10.6. The second-order valence-electron chi connectivity index (χ2n) is 10.2. The number of hydrogen-bond acceptors (Lipinski definition) is 5. The molecule has 0 fully saturated rings. The summed E-state index contributed by atoms with van der Waals surface area (Å²) in [6.07, 6.45) is 8.37. The van der Waals surface area contributed by atoms with E-state index in [1.807, 2.05) is 19.2 Å². The molecule has 3 rings (SSSR count). The van der Waals surface area contributed by atoms with Crippen LogP contribution in [0.15, 0.2) is 48.6 Å². The fourth-order valence-electron chi connectivity index (χ4n) is 4.91. The zero-order chi connectivity index (χ0) is 28.4. The Morgan fingerprint density at radius 3 is 2.67 bits per heavy atom. The molecule has 2 aromatic rings. The summed E-state index contributed by atoms with van der Waals surface area (Å²) in [5.74, 6) is -0.398. The highest BCUT2D eigenvalue weighted by atomic mass is 35.5. The van der Waals surface area contributed by atoms with Crippen LogP contribution >= 0.6 is 11.6 Å². The summed E-state index contributed by atoms with van der Waals surface area (Å²) in [7, 11) is 1.81. The topological polar surface area (TPSA) is 90.3 Å². The van der Waals surface area contributed by atoms with Gasteiger partial charge in [-0.25, -0.2) is 4.79 Å². The van der Waals surface area contributed by atoms with E-state index in [2.05, 4.69) is 30.0 Å². The monoisotopic (exact) mass is 556 g/mol. The number of carboxylic acids is 1. The Morgan fingerprint density at radius 2 is 1.95 bits per heavy atom. The van der Waals surface area contributed by atoms with Gasteiger partial charge in [0.2, 0.25) is 5.91 Å². The van der Waals surface area contributed by atoms with Gasteiger partial charge in [-0.15, -0.1) is 0 Å². The lowest BCUT2D eigenvalue weighted by Crippen LogP contribution is -2.30. The Balaban J connectivity index is 1.75. The van der Waals surface area contributed by atoms with Gasteiger partial charge in [0, 0.05) is 44.5 Å². The highest BCUT2D eigenvalue weighted by molar-refractivity contribution is 6.30. The molecule has 2 atom stereocenters. The second kappa shape index (κ2) is 14.9. The van der Waals surface area contributed by atoms with E-state index in [9.17, 15) is 19.8 Å². The molecule has 1 unspecified atom stereocenters. The van der Waals surface area contributed by atoms with Crippen LogP contribution in [0.5, 0.6) is 5.75 Å². The number of unbranched alkanes of at least 4 members (excludes halogenated alkanes) is 2. The fraction of sp³-hybridized carbons (Fsp3) is 0.484. The van der Waals surface area contributed by atoms with Crippen LogP contribution in [0.4, 0.5) is 5.69 Å². The number of carbonyl (C=O) groups is 2. The zero-order valence-electron chi connectivity index (χ0n) is 23.2. The smallest absolute Gasteiger partial charge is 0.337 e. The van der Waals surface area contributed by atoms with Crippen LogP contribution in [0, 0.1) is 0 Å². The van der Waals surface area contributed by atoms with Gasteiger partial charge in [-0.1, -0.05) is 49.2 Å². The van der Waals surface area contributed by atoms with Gasteiger partial charge < -0.3 is 24.7 Å². The van der Waals surface area contributed by atoms with Crippen molar-refractivity contribution in [2.24, 2.45) is 0 Å². The van der Waals surface area contributed by atoms with Crippen molar-refractivity contribution in [1.29, 1.82) is 0 Å². The molecule has 7 nitrogen and oxygen atoms in total. The summed E-state index contributed by atoms with van der Waals surface area (Å²) >= 11 is 6.32. The van der Waals surface area contributed by atoms with Crippen LogP contribution in [-0.2, 0) is 16.0 Å². The number of ether oxygens (including phenoxy) is 1. The Morgan fingerprint density at radius 1 is 1.18 bits per heavy atom. The number of hydrogen-bond donors (Lipinski definition) is 2. The molecule has 0 radical (unpaired) electrons. The van der Waals surface area contributed by atoms with E-state index in [0.717, 1.165) is 55.8 Å². The van der Waals surface area contributed by atoms with Crippen LogP contribution in [-0.4, -0.2) is 60.3 Å². The number of benzene rings is 2. The molecule has 2 aromatic carbocycles. The number of carboxylic acid groups (broad SMARTS) is 1. The average molecular weight is 557 g/mol. The number of nitrogens with zero attached hydrogens (tertiary/aromatic N) is 2. The molecule has 0 bridgehead atoms. The molecule has 1 heterocycles. The molecular formula is C31H41ClN2O5. The standard InChI is InChI=1S/C31H41ClN2O5/c1-4-11-23-18-26(32)13-14-27(23)25-20-34(17-10-8-6-5-7-9-16-33(3)22(2)35)28-19-24(30(36)31(37)38)12-15-29(28)39-21-25/h5,7,12-15,18-19,25,30,36H,4,6,8-11,16-17,20-21H2,1-3H3,(H,37,38)/b7-5+/t25-,30?/m0/s1. The van der Waals surface area contributed by atoms with Crippen molar-refractivity contribution in [3.8, 4) is 5.75 Å². The maximum absolute atomic E-state index is 11.4. The maximum Gasteiger partial charge on any atom is 0.337 e. The van der Waals surface area contributed by atoms with E-state index in [-0.39, 0.29) is 11.8 Å². The first-order valence-electron chi connectivity index (χ1n) is 13.8. The number of allylic oxidation sites excluding steroid dienone is 1. The van der Waals surface area contributed by atoms with E-state index in [1.165, 1.54) is 11.1 Å². The van der Waals surface area contributed by atoms with Gasteiger partial charge in [-0.2, -0.15) is 0 Å². The highest BCUT2D eigenvalue weighted by Gasteiger charge is 2.27.